The molecule has 3 rings (SSSR count). The maximum Gasteiger partial charge on any atom is 0.274 e. The van der Waals surface area contributed by atoms with Gasteiger partial charge in [0.15, 0.2) is 0 Å². The summed E-state index contributed by atoms with van der Waals surface area (Å²) in [5, 5.41) is 4.68. The van der Waals surface area contributed by atoms with Crippen molar-refractivity contribution < 1.29 is 9.53 Å². The van der Waals surface area contributed by atoms with E-state index in [0.717, 1.165) is 10.2 Å². The molecule has 0 saturated carbocycles. The molecule has 6 nitrogen and oxygen atoms in total. The molecule has 1 saturated heterocycles. The first kappa shape index (κ1) is 16.7. The number of rotatable bonds is 2. The largest absolute Gasteiger partial charge is 0.370 e. The Balaban J connectivity index is 1.84. The van der Waals surface area contributed by atoms with Gasteiger partial charge in [0.1, 0.15) is 11.8 Å². The van der Waals surface area contributed by atoms with E-state index < -0.39 is 0 Å². The Labute approximate surface area is 144 Å². The number of carbonyl (C=O) groups is 1. The Hall–Kier alpha value is -2.18. The highest BCUT2D eigenvalue weighted by Gasteiger charge is 2.31. The molecule has 1 aliphatic heterocycles. The molecule has 1 amide bonds. The van der Waals surface area contributed by atoms with Gasteiger partial charge in [-0.1, -0.05) is 23.7 Å². The third-order valence-electron chi connectivity index (χ3n) is 4.09. The molecule has 1 aliphatic rings. The maximum atomic E-state index is 12.8. The van der Waals surface area contributed by atoms with Gasteiger partial charge >= 0.3 is 0 Å². The van der Waals surface area contributed by atoms with Gasteiger partial charge in [0.2, 0.25) is 0 Å². The quantitative estimate of drug-likeness (QED) is 0.834. The van der Waals surface area contributed by atoms with E-state index in [4.69, 9.17) is 16.3 Å². The highest BCUT2D eigenvalue weighted by Crippen LogP contribution is 2.27. The van der Waals surface area contributed by atoms with Crippen molar-refractivity contribution >= 4 is 17.5 Å². The Morgan fingerprint density at radius 1 is 1.33 bits per heavy atom. The fraction of sp³-hybridized carbons (Fsp3) is 0.353. The van der Waals surface area contributed by atoms with Gasteiger partial charge < -0.3 is 9.64 Å². The van der Waals surface area contributed by atoms with Crippen LogP contribution in [-0.2, 0) is 11.8 Å². The van der Waals surface area contributed by atoms with Gasteiger partial charge in [0.25, 0.3) is 11.5 Å². The Bertz CT molecular complexity index is 821. The van der Waals surface area contributed by atoms with Crippen molar-refractivity contribution in [3.63, 3.8) is 0 Å². The molecule has 0 unspecified atom stereocenters. The minimum absolute atomic E-state index is 0.0769. The van der Waals surface area contributed by atoms with Crippen molar-refractivity contribution in [1.29, 1.82) is 0 Å². The van der Waals surface area contributed by atoms with E-state index >= 15 is 0 Å². The first-order chi connectivity index (χ1) is 11.5. The number of carbonyl (C=O) groups excluding carboxylic acids is 1. The highest BCUT2D eigenvalue weighted by atomic mass is 35.5. The summed E-state index contributed by atoms with van der Waals surface area (Å²) in [6.45, 7) is 2.76. The van der Waals surface area contributed by atoms with E-state index in [1.54, 1.807) is 11.0 Å². The third-order valence-corrected chi connectivity index (χ3v) is 4.33. The molecule has 1 aromatic heterocycles. The number of hydrogen-bond donors (Lipinski definition) is 0. The van der Waals surface area contributed by atoms with E-state index in [2.05, 4.69) is 5.10 Å². The Morgan fingerprint density at radius 3 is 2.83 bits per heavy atom. The van der Waals surface area contributed by atoms with Crippen LogP contribution in [0, 0.1) is 0 Å². The molecule has 0 bridgehead atoms. The molecular formula is C17H18ClN3O3. The van der Waals surface area contributed by atoms with Crippen molar-refractivity contribution in [2.24, 2.45) is 7.05 Å². The van der Waals surface area contributed by atoms with E-state index in [1.165, 1.54) is 19.2 Å². The average Bonchev–Trinajstić information content (AvgIpc) is 2.57. The first-order valence-corrected chi connectivity index (χ1v) is 8.06. The van der Waals surface area contributed by atoms with Crippen LogP contribution in [0.1, 0.15) is 29.1 Å². The van der Waals surface area contributed by atoms with Crippen molar-refractivity contribution in [1.82, 2.24) is 14.7 Å². The van der Waals surface area contributed by atoms with Crippen LogP contribution < -0.4 is 5.56 Å². The SMILES string of the molecule is C[C@@H]1CO[C@H](c2cccc(Cl)c2)CN1C(=O)c1ccc(=O)n(C)n1. The summed E-state index contributed by atoms with van der Waals surface area (Å²) < 4.78 is 7.02. The average molecular weight is 348 g/mol. The number of nitrogens with zero attached hydrogens (tertiary/aromatic N) is 3. The fourth-order valence-electron chi connectivity index (χ4n) is 2.71. The predicted octanol–water partition coefficient (Wildman–Crippen LogP) is 2.04. The number of aromatic nitrogens is 2. The van der Waals surface area contributed by atoms with Crippen molar-refractivity contribution in [2.75, 3.05) is 13.2 Å². The number of hydrogen-bond acceptors (Lipinski definition) is 4. The summed E-state index contributed by atoms with van der Waals surface area (Å²) in [7, 11) is 1.52. The van der Waals surface area contributed by atoms with Crippen LogP contribution in [0.2, 0.25) is 5.02 Å². The Kier molecular flexibility index (Phi) is 4.69. The summed E-state index contributed by atoms with van der Waals surface area (Å²) >= 11 is 6.04. The van der Waals surface area contributed by atoms with Crippen LogP contribution in [-0.4, -0.2) is 39.8 Å². The number of benzene rings is 1. The number of aryl methyl sites for hydroxylation is 1. The summed E-state index contributed by atoms with van der Waals surface area (Å²) in [6, 6.07) is 10.2. The lowest BCUT2D eigenvalue weighted by Gasteiger charge is -2.38. The fourth-order valence-corrected chi connectivity index (χ4v) is 2.91. The smallest absolute Gasteiger partial charge is 0.274 e. The summed E-state index contributed by atoms with van der Waals surface area (Å²) in [6.07, 6.45) is -0.239. The molecule has 0 aliphatic carbocycles. The summed E-state index contributed by atoms with van der Waals surface area (Å²) in [4.78, 5) is 26.0. The van der Waals surface area contributed by atoms with E-state index in [-0.39, 0.29) is 29.3 Å². The molecule has 126 valence electrons. The molecule has 2 atom stereocenters. The van der Waals surface area contributed by atoms with Crippen LogP contribution in [0.4, 0.5) is 0 Å². The molecule has 0 radical (unpaired) electrons. The molecule has 0 N–H and O–H groups in total. The number of ether oxygens (including phenoxy) is 1. The van der Waals surface area contributed by atoms with Gasteiger partial charge in [-0.25, -0.2) is 4.68 Å². The minimum Gasteiger partial charge on any atom is -0.370 e. The lowest BCUT2D eigenvalue weighted by molar-refractivity contribution is -0.0489. The van der Waals surface area contributed by atoms with Gasteiger partial charge in [-0.05, 0) is 30.7 Å². The van der Waals surface area contributed by atoms with Gasteiger partial charge in [0, 0.05) is 18.1 Å². The second-order valence-corrected chi connectivity index (χ2v) is 6.30. The zero-order valence-corrected chi connectivity index (χ0v) is 14.2. The van der Waals surface area contributed by atoms with Crippen LogP contribution >= 0.6 is 11.6 Å². The van der Waals surface area contributed by atoms with Gasteiger partial charge in [-0.2, -0.15) is 5.10 Å². The molecule has 2 aromatic rings. The van der Waals surface area contributed by atoms with E-state index in [1.807, 2.05) is 25.1 Å². The van der Waals surface area contributed by atoms with Crippen molar-refractivity contribution in [3.8, 4) is 0 Å². The van der Waals surface area contributed by atoms with Crippen molar-refractivity contribution in [2.45, 2.75) is 19.1 Å². The highest BCUT2D eigenvalue weighted by molar-refractivity contribution is 6.30. The van der Waals surface area contributed by atoms with Crippen LogP contribution in [0.3, 0.4) is 0 Å². The number of halogens is 1. The summed E-state index contributed by atoms with van der Waals surface area (Å²) in [5.41, 5.74) is 0.926. The molecule has 24 heavy (non-hydrogen) atoms. The third kappa shape index (κ3) is 3.34. The molecule has 2 heterocycles. The molecular weight excluding hydrogens is 330 g/mol. The van der Waals surface area contributed by atoms with Crippen LogP contribution in [0.25, 0.3) is 0 Å². The Morgan fingerprint density at radius 2 is 2.12 bits per heavy atom. The van der Waals surface area contributed by atoms with E-state index in [9.17, 15) is 9.59 Å². The molecule has 1 fully saturated rings. The second kappa shape index (κ2) is 6.75. The van der Waals surface area contributed by atoms with Crippen LogP contribution in [0.15, 0.2) is 41.2 Å². The predicted molar refractivity (Wildman–Crippen MR) is 90.1 cm³/mol. The second-order valence-electron chi connectivity index (χ2n) is 5.86. The lowest BCUT2D eigenvalue weighted by atomic mass is 10.1. The topological polar surface area (TPSA) is 64.4 Å². The zero-order valence-electron chi connectivity index (χ0n) is 13.5. The number of morpholine rings is 1. The standard InChI is InChI=1S/C17H18ClN3O3/c1-11-10-24-15(12-4-3-5-13(18)8-12)9-21(11)17(23)14-6-7-16(22)20(2)19-14/h3-8,11,15H,9-10H2,1-2H3/t11-,15+/m1/s1. The van der Waals surface area contributed by atoms with Gasteiger partial charge in [0.05, 0.1) is 19.2 Å². The van der Waals surface area contributed by atoms with Gasteiger partial charge in [-0.3, -0.25) is 9.59 Å². The minimum atomic E-state index is -0.252. The normalized spacial score (nSPS) is 20.9. The van der Waals surface area contributed by atoms with E-state index in [0.29, 0.717) is 18.2 Å². The lowest BCUT2D eigenvalue weighted by Crippen LogP contribution is -2.48. The zero-order chi connectivity index (χ0) is 17.3. The molecule has 1 aromatic carbocycles. The first-order valence-electron chi connectivity index (χ1n) is 7.68. The maximum absolute atomic E-state index is 12.8. The van der Waals surface area contributed by atoms with Crippen molar-refractivity contribution in [3.05, 3.63) is 63.0 Å². The summed E-state index contributed by atoms with van der Waals surface area (Å²) in [5.74, 6) is -0.214. The molecule has 7 heteroatoms. The number of amides is 1. The van der Waals surface area contributed by atoms with Crippen LogP contribution in [0.5, 0.6) is 0 Å². The monoisotopic (exact) mass is 347 g/mol. The van der Waals surface area contributed by atoms with Gasteiger partial charge in [-0.15, -0.1) is 0 Å². The molecule has 0 spiro atoms.